The van der Waals surface area contributed by atoms with Crippen LogP contribution < -0.4 is 5.32 Å². The number of hydrogen-bond donors (Lipinski definition) is 1. The van der Waals surface area contributed by atoms with E-state index < -0.39 is 0 Å². The molecule has 4 nitrogen and oxygen atoms in total. The van der Waals surface area contributed by atoms with Crippen molar-refractivity contribution in [3.8, 4) is 0 Å². The van der Waals surface area contributed by atoms with Gasteiger partial charge in [0.05, 0.1) is 11.3 Å². The summed E-state index contributed by atoms with van der Waals surface area (Å²) in [4.78, 5) is 18.7. The molecule has 4 heteroatoms. The van der Waals surface area contributed by atoms with Crippen molar-refractivity contribution in [2.75, 3.05) is 25.0 Å². The highest BCUT2D eigenvalue weighted by molar-refractivity contribution is 5.99. The van der Waals surface area contributed by atoms with E-state index in [-0.39, 0.29) is 5.91 Å². The summed E-state index contributed by atoms with van der Waals surface area (Å²) in [5.74, 6) is 1.57. The van der Waals surface area contributed by atoms with E-state index in [4.69, 9.17) is 0 Å². The molecule has 1 amide bonds. The van der Waals surface area contributed by atoms with Crippen molar-refractivity contribution in [3.05, 3.63) is 24.0 Å². The van der Waals surface area contributed by atoms with Crippen molar-refractivity contribution >= 4 is 11.6 Å². The smallest absolute Gasteiger partial charge is 0.257 e. The lowest BCUT2D eigenvalue weighted by Gasteiger charge is -2.34. The first kappa shape index (κ1) is 14.8. The number of amides is 1. The van der Waals surface area contributed by atoms with E-state index in [0.717, 1.165) is 44.1 Å². The highest BCUT2D eigenvalue weighted by Crippen LogP contribution is 2.26. The van der Waals surface area contributed by atoms with Crippen LogP contribution in [0, 0.1) is 11.8 Å². The summed E-state index contributed by atoms with van der Waals surface area (Å²) < 4.78 is 0. The highest BCUT2D eigenvalue weighted by atomic mass is 16.2. The molecule has 0 unspecified atom stereocenters. The summed E-state index contributed by atoms with van der Waals surface area (Å²) in [7, 11) is 0. The van der Waals surface area contributed by atoms with Crippen LogP contribution in [0.15, 0.2) is 18.5 Å². The lowest BCUT2D eigenvalue weighted by atomic mass is 9.86. The topological polar surface area (TPSA) is 45.2 Å². The number of carbonyl (C=O) groups excluding carboxylic acids is 1. The quantitative estimate of drug-likeness (QED) is 0.918. The Labute approximate surface area is 121 Å². The van der Waals surface area contributed by atoms with Gasteiger partial charge in [-0.05, 0) is 37.7 Å². The van der Waals surface area contributed by atoms with E-state index in [0.29, 0.717) is 11.5 Å². The minimum absolute atomic E-state index is 0.108. The number of rotatable bonds is 4. The fourth-order valence-electron chi connectivity index (χ4n) is 2.85. The van der Waals surface area contributed by atoms with Crippen molar-refractivity contribution in [1.29, 1.82) is 0 Å². The van der Waals surface area contributed by atoms with Crippen LogP contribution in [-0.4, -0.2) is 35.4 Å². The molecule has 2 heterocycles. The summed E-state index contributed by atoms with van der Waals surface area (Å²) >= 11 is 0. The summed E-state index contributed by atoms with van der Waals surface area (Å²) in [5, 5.41) is 3.24. The molecule has 0 bridgehead atoms. The average molecular weight is 275 g/mol. The summed E-state index contributed by atoms with van der Waals surface area (Å²) in [6.45, 7) is 9.10. The van der Waals surface area contributed by atoms with E-state index in [9.17, 15) is 4.79 Å². The molecule has 1 aliphatic heterocycles. The number of aromatic nitrogens is 1. The maximum atomic E-state index is 12.6. The third-order valence-electron chi connectivity index (χ3n) is 4.19. The van der Waals surface area contributed by atoms with Crippen LogP contribution in [0.25, 0.3) is 0 Å². The van der Waals surface area contributed by atoms with Gasteiger partial charge in [-0.1, -0.05) is 13.8 Å². The maximum absolute atomic E-state index is 12.6. The van der Waals surface area contributed by atoms with Crippen LogP contribution in [0.2, 0.25) is 0 Å². The second-order valence-electron chi connectivity index (χ2n) is 5.83. The molecule has 20 heavy (non-hydrogen) atoms. The molecule has 0 spiro atoms. The standard InChI is InChI=1S/C16H25N3O/c1-4-18-15-5-8-17-11-14(15)16(20)19-9-6-13(7-10-19)12(2)3/h5,8,11-13H,4,6-7,9-10H2,1-3H3,(H,17,18). The summed E-state index contributed by atoms with van der Waals surface area (Å²) in [6.07, 6.45) is 5.62. The van der Waals surface area contributed by atoms with Crippen molar-refractivity contribution in [1.82, 2.24) is 9.88 Å². The lowest BCUT2D eigenvalue weighted by molar-refractivity contribution is 0.0668. The van der Waals surface area contributed by atoms with Gasteiger partial charge in [0.2, 0.25) is 0 Å². The third kappa shape index (κ3) is 3.30. The van der Waals surface area contributed by atoms with Crippen molar-refractivity contribution in [3.63, 3.8) is 0 Å². The fraction of sp³-hybridized carbons (Fsp3) is 0.625. The van der Waals surface area contributed by atoms with Crippen molar-refractivity contribution in [2.24, 2.45) is 11.8 Å². The van der Waals surface area contributed by atoms with Gasteiger partial charge < -0.3 is 10.2 Å². The van der Waals surface area contributed by atoms with Gasteiger partial charge in [-0.25, -0.2) is 0 Å². The maximum Gasteiger partial charge on any atom is 0.257 e. The molecule has 110 valence electrons. The van der Waals surface area contributed by atoms with Crippen LogP contribution in [-0.2, 0) is 0 Å². The minimum Gasteiger partial charge on any atom is -0.385 e. The molecular weight excluding hydrogens is 250 g/mol. The van der Waals surface area contributed by atoms with Gasteiger partial charge in [0.15, 0.2) is 0 Å². The Kier molecular flexibility index (Phi) is 4.99. The predicted molar refractivity (Wildman–Crippen MR) is 81.9 cm³/mol. The average Bonchev–Trinajstić information content (AvgIpc) is 2.47. The normalized spacial score (nSPS) is 16.5. The number of nitrogens with zero attached hydrogens (tertiary/aromatic N) is 2. The number of piperidine rings is 1. The van der Waals surface area contributed by atoms with Crippen molar-refractivity contribution < 1.29 is 4.79 Å². The first-order valence-electron chi connectivity index (χ1n) is 7.60. The first-order chi connectivity index (χ1) is 9.63. The molecule has 2 rings (SSSR count). The van der Waals surface area contributed by atoms with Gasteiger partial charge in [-0.2, -0.15) is 0 Å². The van der Waals surface area contributed by atoms with E-state index in [1.807, 2.05) is 17.9 Å². The molecule has 1 aromatic rings. The largest absolute Gasteiger partial charge is 0.385 e. The molecule has 1 N–H and O–H groups in total. The van der Waals surface area contributed by atoms with Crippen LogP contribution in [0.4, 0.5) is 5.69 Å². The number of nitrogens with one attached hydrogen (secondary N) is 1. The van der Waals surface area contributed by atoms with E-state index in [2.05, 4.69) is 24.1 Å². The Balaban J connectivity index is 2.05. The van der Waals surface area contributed by atoms with Gasteiger partial charge in [0, 0.05) is 32.0 Å². The van der Waals surface area contributed by atoms with Crippen molar-refractivity contribution in [2.45, 2.75) is 33.6 Å². The molecular formula is C16H25N3O. The molecule has 1 aliphatic rings. The molecule has 0 atom stereocenters. The SMILES string of the molecule is CCNc1ccncc1C(=O)N1CCC(C(C)C)CC1. The fourth-order valence-corrected chi connectivity index (χ4v) is 2.85. The van der Waals surface area contributed by atoms with Crippen LogP contribution in [0.5, 0.6) is 0 Å². The summed E-state index contributed by atoms with van der Waals surface area (Å²) in [6, 6.07) is 1.87. The first-order valence-corrected chi connectivity index (χ1v) is 7.60. The third-order valence-corrected chi connectivity index (χ3v) is 4.19. The molecule has 0 radical (unpaired) electrons. The van der Waals surface area contributed by atoms with Crippen LogP contribution in [0.3, 0.4) is 0 Å². The van der Waals surface area contributed by atoms with Crippen LogP contribution >= 0.6 is 0 Å². The van der Waals surface area contributed by atoms with E-state index in [1.54, 1.807) is 12.4 Å². The molecule has 0 saturated carbocycles. The Morgan fingerprint density at radius 3 is 2.75 bits per heavy atom. The Bertz CT molecular complexity index is 451. The number of hydrogen-bond acceptors (Lipinski definition) is 3. The van der Waals surface area contributed by atoms with Crippen LogP contribution in [0.1, 0.15) is 44.0 Å². The Hall–Kier alpha value is -1.58. The summed E-state index contributed by atoms with van der Waals surface area (Å²) in [5.41, 5.74) is 1.58. The van der Waals surface area contributed by atoms with Gasteiger partial charge >= 0.3 is 0 Å². The molecule has 1 fully saturated rings. The highest BCUT2D eigenvalue weighted by Gasteiger charge is 2.26. The molecule has 1 saturated heterocycles. The number of likely N-dealkylation sites (tertiary alicyclic amines) is 1. The second kappa shape index (κ2) is 6.73. The van der Waals surface area contributed by atoms with Gasteiger partial charge in [-0.15, -0.1) is 0 Å². The number of carbonyl (C=O) groups is 1. The monoisotopic (exact) mass is 275 g/mol. The predicted octanol–water partition coefficient (Wildman–Crippen LogP) is 3.02. The Morgan fingerprint density at radius 1 is 1.45 bits per heavy atom. The van der Waals surface area contributed by atoms with E-state index in [1.165, 1.54) is 0 Å². The molecule has 0 aliphatic carbocycles. The zero-order chi connectivity index (χ0) is 14.5. The molecule has 1 aromatic heterocycles. The second-order valence-corrected chi connectivity index (χ2v) is 5.83. The van der Waals surface area contributed by atoms with Gasteiger partial charge in [0.25, 0.3) is 5.91 Å². The van der Waals surface area contributed by atoms with Gasteiger partial charge in [-0.3, -0.25) is 9.78 Å². The number of pyridine rings is 1. The van der Waals surface area contributed by atoms with E-state index >= 15 is 0 Å². The van der Waals surface area contributed by atoms with Gasteiger partial charge in [0.1, 0.15) is 0 Å². The zero-order valence-corrected chi connectivity index (χ0v) is 12.7. The number of anilines is 1. The lowest BCUT2D eigenvalue weighted by Crippen LogP contribution is -2.39. The zero-order valence-electron chi connectivity index (χ0n) is 12.7. The minimum atomic E-state index is 0.108. The molecule has 0 aromatic carbocycles. The Morgan fingerprint density at radius 2 is 2.15 bits per heavy atom.